The number of carbonyl (C=O) groups excluding carboxylic acids is 1. The van der Waals surface area contributed by atoms with Crippen LogP contribution in [0, 0.1) is 0 Å². The van der Waals surface area contributed by atoms with Crippen molar-refractivity contribution < 1.29 is 4.79 Å². The van der Waals surface area contributed by atoms with Crippen LogP contribution >= 0.6 is 0 Å². The van der Waals surface area contributed by atoms with E-state index in [4.69, 9.17) is 0 Å². The number of aromatic amines is 1. The molecule has 3 rings (SSSR count). The summed E-state index contributed by atoms with van der Waals surface area (Å²) in [6.07, 6.45) is 1.68. The molecule has 0 spiro atoms. The second kappa shape index (κ2) is 4.38. The van der Waals surface area contributed by atoms with Crippen LogP contribution in [0.1, 0.15) is 6.92 Å². The van der Waals surface area contributed by atoms with Crippen LogP contribution in [0.3, 0.4) is 0 Å². The predicted molar refractivity (Wildman–Crippen MR) is 71.0 cm³/mol. The average Bonchev–Trinajstić information content (AvgIpc) is 2.89. The maximum Gasteiger partial charge on any atom is 0.242 e. The molecule has 2 aromatic heterocycles. The molecule has 1 unspecified atom stereocenters. The fraction of sp³-hybridized carbons (Fsp3) is 0.455. The van der Waals surface area contributed by atoms with Crippen LogP contribution in [0.15, 0.2) is 6.20 Å². The lowest BCUT2D eigenvalue weighted by Gasteiger charge is -2.34. The predicted octanol–water partition coefficient (Wildman–Crippen LogP) is -0.281. The van der Waals surface area contributed by atoms with Gasteiger partial charge in [0.15, 0.2) is 5.65 Å². The Balaban J connectivity index is 2.12. The van der Waals surface area contributed by atoms with E-state index in [1.54, 1.807) is 13.2 Å². The maximum atomic E-state index is 11.8. The molecule has 0 radical (unpaired) electrons. The number of piperazine rings is 1. The van der Waals surface area contributed by atoms with Crippen molar-refractivity contribution in [2.24, 2.45) is 0 Å². The molecule has 2 aromatic rings. The lowest BCUT2D eigenvalue weighted by molar-refractivity contribution is -0.122. The Hall–Kier alpha value is -2.38. The number of hydrogen-bond donors (Lipinski definition) is 3. The minimum Gasteiger partial charge on any atom is -0.357 e. The first-order chi connectivity index (χ1) is 9.20. The minimum absolute atomic E-state index is 0.00696. The zero-order valence-electron chi connectivity index (χ0n) is 10.8. The van der Waals surface area contributed by atoms with Crippen molar-refractivity contribution in [3.05, 3.63) is 6.20 Å². The van der Waals surface area contributed by atoms with Crippen molar-refractivity contribution in [2.75, 3.05) is 30.4 Å². The summed E-state index contributed by atoms with van der Waals surface area (Å²) in [5.41, 5.74) is 0.660. The van der Waals surface area contributed by atoms with E-state index in [1.165, 1.54) is 0 Å². The van der Waals surface area contributed by atoms with Gasteiger partial charge in [0.1, 0.15) is 11.9 Å². The topological polar surface area (TPSA) is 98.8 Å². The van der Waals surface area contributed by atoms with Gasteiger partial charge in [0.2, 0.25) is 11.9 Å². The molecule has 1 saturated heterocycles. The highest BCUT2D eigenvalue weighted by Crippen LogP contribution is 2.26. The van der Waals surface area contributed by atoms with Crippen LogP contribution in [-0.4, -0.2) is 52.3 Å². The van der Waals surface area contributed by atoms with Gasteiger partial charge in [-0.05, 0) is 6.92 Å². The van der Waals surface area contributed by atoms with Crippen molar-refractivity contribution in [3.8, 4) is 0 Å². The third-order valence-corrected chi connectivity index (χ3v) is 3.28. The Morgan fingerprint density at radius 3 is 3.11 bits per heavy atom. The summed E-state index contributed by atoms with van der Waals surface area (Å²) >= 11 is 0. The molecule has 8 heteroatoms. The second-order valence-corrected chi connectivity index (χ2v) is 4.41. The molecule has 0 aromatic carbocycles. The number of carbonyl (C=O) groups is 1. The number of aromatic nitrogens is 4. The summed E-state index contributed by atoms with van der Waals surface area (Å²) in [5.74, 6) is 1.24. The van der Waals surface area contributed by atoms with Crippen LogP contribution in [0.5, 0.6) is 0 Å². The number of fused-ring (bicyclic) bond motifs is 1. The van der Waals surface area contributed by atoms with E-state index in [0.717, 1.165) is 11.2 Å². The molecule has 1 fully saturated rings. The Morgan fingerprint density at radius 2 is 2.32 bits per heavy atom. The summed E-state index contributed by atoms with van der Waals surface area (Å²) in [5, 5.41) is 13.4. The third kappa shape index (κ3) is 1.85. The molecule has 0 aliphatic carbocycles. The van der Waals surface area contributed by atoms with E-state index in [-0.39, 0.29) is 11.9 Å². The second-order valence-electron chi connectivity index (χ2n) is 4.41. The van der Waals surface area contributed by atoms with Gasteiger partial charge in [-0.15, -0.1) is 0 Å². The number of anilines is 2. The van der Waals surface area contributed by atoms with Gasteiger partial charge in [0, 0.05) is 20.1 Å². The monoisotopic (exact) mass is 261 g/mol. The van der Waals surface area contributed by atoms with Crippen LogP contribution in [0.4, 0.5) is 11.8 Å². The molecule has 100 valence electrons. The zero-order valence-corrected chi connectivity index (χ0v) is 10.8. The molecule has 8 nitrogen and oxygen atoms in total. The maximum absolute atomic E-state index is 11.8. The number of hydrogen-bond acceptors (Lipinski definition) is 6. The summed E-state index contributed by atoms with van der Waals surface area (Å²) in [7, 11) is 1.76. The highest BCUT2D eigenvalue weighted by Gasteiger charge is 2.28. The molecule has 1 atom stereocenters. The Labute approximate surface area is 109 Å². The zero-order chi connectivity index (χ0) is 13.4. The molecule has 19 heavy (non-hydrogen) atoms. The van der Waals surface area contributed by atoms with Gasteiger partial charge >= 0.3 is 0 Å². The van der Waals surface area contributed by atoms with Crippen molar-refractivity contribution in [1.82, 2.24) is 25.5 Å². The summed E-state index contributed by atoms with van der Waals surface area (Å²) < 4.78 is 0. The summed E-state index contributed by atoms with van der Waals surface area (Å²) in [6, 6.07) is -0.258. The summed E-state index contributed by atoms with van der Waals surface area (Å²) in [4.78, 5) is 22.5. The van der Waals surface area contributed by atoms with E-state index in [9.17, 15) is 4.79 Å². The lowest BCUT2D eigenvalue weighted by atomic mass is 10.2. The SMILES string of the molecule is CNc1nc(N2CCNC(=O)C2C)c2cn[nH]c2n1. The smallest absolute Gasteiger partial charge is 0.242 e. The Morgan fingerprint density at radius 1 is 1.47 bits per heavy atom. The van der Waals surface area contributed by atoms with E-state index in [2.05, 4.69) is 30.8 Å². The average molecular weight is 261 g/mol. The van der Waals surface area contributed by atoms with Crippen molar-refractivity contribution in [3.63, 3.8) is 0 Å². The first kappa shape index (κ1) is 11.7. The van der Waals surface area contributed by atoms with Gasteiger partial charge < -0.3 is 15.5 Å². The van der Waals surface area contributed by atoms with Crippen molar-refractivity contribution in [1.29, 1.82) is 0 Å². The van der Waals surface area contributed by atoms with E-state index in [0.29, 0.717) is 24.7 Å². The molecule has 0 bridgehead atoms. The van der Waals surface area contributed by atoms with Gasteiger partial charge in [0.25, 0.3) is 0 Å². The Bertz CT molecular complexity index is 623. The van der Waals surface area contributed by atoms with E-state index < -0.39 is 0 Å². The normalized spacial score (nSPS) is 19.6. The molecule has 0 saturated carbocycles. The molecule has 3 N–H and O–H groups in total. The first-order valence-electron chi connectivity index (χ1n) is 6.14. The minimum atomic E-state index is -0.258. The first-order valence-corrected chi connectivity index (χ1v) is 6.14. The van der Waals surface area contributed by atoms with Crippen LogP contribution in [-0.2, 0) is 4.79 Å². The number of amides is 1. The third-order valence-electron chi connectivity index (χ3n) is 3.28. The highest BCUT2D eigenvalue weighted by atomic mass is 16.2. The lowest BCUT2D eigenvalue weighted by Crippen LogP contribution is -2.54. The molecule has 3 heterocycles. The number of nitrogens with one attached hydrogen (secondary N) is 3. The van der Waals surface area contributed by atoms with Gasteiger partial charge in [0.05, 0.1) is 11.6 Å². The van der Waals surface area contributed by atoms with Gasteiger partial charge in [-0.1, -0.05) is 0 Å². The number of rotatable bonds is 2. The Kier molecular flexibility index (Phi) is 2.69. The molecule has 1 aliphatic rings. The quantitative estimate of drug-likeness (QED) is 0.687. The molecule has 1 aliphatic heterocycles. The van der Waals surface area contributed by atoms with E-state index in [1.807, 2.05) is 11.8 Å². The highest BCUT2D eigenvalue weighted by molar-refractivity contribution is 5.92. The van der Waals surface area contributed by atoms with Crippen LogP contribution in [0.25, 0.3) is 11.0 Å². The van der Waals surface area contributed by atoms with Crippen molar-refractivity contribution >= 4 is 28.7 Å². The molecular formula is C11H15N7O. The summed E-state index contributed by atoms with van der Waals surface area (Å²) in [6.45, 7) is 3.19. The fourth-order valence-electron chi connectivity index (χ4n) is 2.22. The molecular weight excluding hydrogens is 246 g/mol. The largest absolute Gasteiger partial charge is 0.357 e. The number of nitrogens with zero attached hydrogens (tertiary/aromatic N) is 4. The van der Waals surface area contributed by atoms with Crippen molar-refractivity contribution in [2.45, 2.75) is 13.0 Å². The number of H-pyrrole nitrogens is 1. The van der Waals surface area contributed by atoms with Gasteiger partial charge in [-0.2, -0.15) is 15.1 Å². The fourth-order valence-corrected chi connectivity index (χ4v) is 2.22. The standard InChI is InChI=1S/C11H15N7O/c1-6-10(19)13-3-4-18(6)9-7-5-14-17-8(7)15-11(12-2)16-9/h5-6H,3-4H2,1-2H3,(H,13,19)(H2,12,14,15,16,17). The van der Waals surface area contributed by atoms with Gasteiger partial charge in [-0.25, -0.2) is 0 Å². The van der Waals surface area contributed by atoms with Gasteiger partial charge in [-0.3, -0.25) is 9.89 Å². The van der Waals surface area contributed by atoms with Crippen LogP contribution < -0.4 is 15.5 Å². The van der Waals surface area contributed by atoms with Crippen LogP contribution in [0.2, 0.25) is 0 Å². The van der Waals surface area contributed by atoms with E-state index >= 15 is 0 Å². The molecule has 1 amide bonds.